The monoisotopic (exact) mass is 430 g/mol. The third-order valence-corrected chi connectivity index (χ3v) is 6.83. The summed E-state index contributed by atoms with van der Waals surface area (Å²) in [5.41, 5.74) is 0. The Balaban J connectivity index is 1.45. The first-order chi connectivity index (χ1) is 14.5. The Morgan fingerprint density at radius 2 is 1.60 bits per heavy atom. The van der Waals surface area contributed by atoms with E-state index >= 15 is 0 Å². The van der Waals surface area contributed by atoms with Gasteiger partial charge in [-0.1, -0.05) is 0 Å². The summed E-state index contributed by atoms with van der Waals surface area (Å²) in [5, 5.41) is 12.6. The van der Waals surface area contributed by atoms with Gasteiger partial charge in [-0.15, -0.1) is 10.2 Å². The van der Waals surface area contributed by atoms with Crippen molar-refractivity contribution >= 4 is 15.8 Å². The summed E-state index contributed by atoms with van der Waals surface area (Å²) in [6.45, 7) is 1.73. The molecule has 1 aliphatic heterocycles. The predicted molar refractivity (Wildman–Crippen MR) is 110 cm³/mol. The first-order valence-electron chi connectivity index (χ1n) is 9.34. The smallest absolute Gasteiger partial charge is 0.243 e. The summed E-state index contributed by atoms with van der Waals surface area (Å²) >= 11 is 0. The lowest BCUT2D eigenvalue weighted by Crippen LogP contribution is -2.49. The highest BCUT2D eigenvalue weighted by molar-refractivity contribution is 7.89. The van der Waals surface area contributed by atoms with Gasteiger partial charge >= 0.3 is 0 Å². The van der Waals surface area contributed by atoms with Gasteiger partial charge in [-0.2, -0.15) is 9.40 Å². The fourth-order valence-electron chi connectivity index (χ4n) is 3.30. The number of hydrogen-bond acceptors (Lipinski definition) is 8. The summed E-state index contributed by atoms with van der Waals surface area (Å²) in [6, 6.07) is 10.1. The van der Waals surface area contributed by atoms with Crippen LogP contribution >= 0.6 is 0 Å². The van der Waals surface area contributed by atoms with Gasteiger partial charge in [0.15, 0.2) is 23.1 Å². The van der Waals surface area contributed by atoms with Crippen LogP contribution in [0.5, 0.6) is 11.5 Å². The Morgan fingerprint density at radius 3 is 2.20 bits per heavy atom. The Hall–Kier alpha value is -3.18. The summed E-state index contributed by atoms with van der Waals surface area (Å²) in [4.78, 5) is 2.19. The van der Waals surface area contributed by atoms with Gasteiger partial charge in [0.05, 0.1) is 19.1 Å². The van der Waals surface area contributed by atoms with Crippen molar-refractivity contribution in [1.29, 1.82) is 0 Å². The number of hydrogen-bond donors (Lipinski definition) is 0. The molecule has 4 rings (SSSR count). The van der Waals surface area contributed by atoms with Crippen molar-refractivity contribution in [2.24, 2.45) is 0 Å². The lowest BCUT2D eigenvalue weighted by molar-refractivity contribution is 0.353. The van der Waals surface area contributed by atoms with E-state index in [2.05, 4.69) is 15.3 Å². The average molecular weight is 430 g/mol. The molecule has 11 heteroatoms. The maximum atomic E-state index is 13.0. The topological polar surface area (TPSA) is 103 Å². The minimum atomic E-state index is -3.64. The first kappa shape index (κ1) is 20.1. The maximum Gasteiger partial charge on any atom is 0.243 e. The van der Waals surface area contributed by atoms with Gasteiger partial charge in [0.1, 0.15) is 0 Å². The predicted octanol–water partition coefficient (Wildman–Crippen LogP) is 1.19. The zero-order valence-electron chi connectivity index (χ0n) is 16.7. The van der Waals surface area contributed by atoms with E-state index in [4.69, 9.17) is 9.47 Å². The zero-order chi connectivity index (χ0) is 21.1. The molecule has 2 aromatic heterocycles. The quantitative estimate of drug-likeness (QED) is 0.575. The van der Waals surface area contributed by atoms with Gasteiger partial charge in [0.25, 0.3) is 0 Å². The highest BCUT2D eigenvalue weighted by Crippen LogP contribution is 2.31. The Kier molecular flexibility index (Phi) is 5.55. The fraction of sp³-hybridized carbons (Fsp3) is 0.316. The van der Waals surface area contributed by atoms with E-state index in [1.165, 1.54) is 30.7 Å². The molecule has 3 aromatic rings. The van der Waals surface area contributed by atoms with Gasteiger partial charge in [-0.05, 0) is 30.3 Å². The van der Waals surface area contributed by atoms with E-state index in [0.717, 1.165) is 0 Å². The van der Waals surface area contributed by atoms with E-state index in [-0.39, 0.29) is 4.90 Å². The summed E-state index contributed by atoms with van der Waals surface area (Å²) in [6.07, 6.45) is 3.47. The van der Waals surface area contributed by atoms with Crippen LogP contribution in [0.15, 0.2) is 53.7 Å². The van der Waals surface area contributed by atoms with Crippen LogP contribution in [-0.4, -0.2) is 73.1 Å². The summed E-state index contributed by atoms with van der Waals surface area (Å²) in [5.74, 6) is 2.19. The Labute approximate surface area is 174 Å². The maximum absolute atomic E-state index is 13.0. The number of aromatic nitrogens is 4. The molecule has 1 fully saturated rings. The molecule has 0 unspecified atom stereocenters. The van der Waals surface area contributed by atoms with Crippen LogP contribution in [0.25, 0.3) is 5.82 Å². The number of sulfonamides is 1. The molecule has 3 heterocycles. The minimum Gasteiger partial charge on any atom is -0.493 e. The molecular weight excluding hydrogens is 408 g/mol. The molecule has 10 nitrogen and oxygen atoms in total. The first-order valence-corrected chi connectivity index (χ1v) is 10.8. The molecule has 0 amide bonds. The van der Waals surface area contributed by atoms with E-state index in [1.807, 2.05) is 23.1 Å². The van der Waals surface area contributed by atoms with E-state index in [9.17, 15) is 8.42 Å². The normalized spacial score (nSPS) is 15.2. The Bertz CT molecular complexity index is 1090. The minimum absolute atomic E-state index is 0.178. The van der Waals surface area contributed by atoms with Gasteiger partial charge in [-0.3, -0.25) is 0 Å². The van der Waals surface area contributed by atoms with E-state index in [0.29, 0.717) is 49.3 Å². The molecule has 0 N–H and O–H groups in total. The summed E-state index contributed by atoms with van der Waals surface area (Å²) < 4.78 is 39.6. The van der Waals surface area contributed by atoms with Crippen molar-refractivity contribution in [1.82, 2.24) is 24.3 Å². The van der Waals surface area contributed by atoms with Gasteiger partial charge in [0, 0.05) is 44.6 Å². The molecule has 1 aromatic carbocycles. The van der Waals surface area contributed by atoms with Crippen molar-refractivity contribution < 1.29 is 17.9 Å². The molecule has 1 saturated heterocycles. The molecule has 0 radical (unpaired) electrons. The van der Waals surface area contributed by atoms with Gasteiger partial charge in [0.2, 0.25) is 10.0 Å². The zero-order valence-corrected chi connectivity index (χ0v) is 17.5. The molecule has 1 aliphatic rings. The van der Waals surface area contributed by atoms with Crippen molar-refractivity contribution in [2.75, 3.05) is 45.3 Å². The highest BCUT2D eigenvalue weighted by atomic mass is 32.2. The molecule has 0 aliphatic carbocycles. The number of rotatable bonds is 6. The SMILES string of the molecule is COc1ccc(S(=O)(=O)N2CCN(c3ccc(-n4cccn4)nn3)CC2)cc1OC. The second-order valence-corrected chi connectivity index (χ2v) is 8.55. The van der Waals surface area contributed by atoms with Crippen LogP contribution in [0, 0.1) is 0 Å². The van der Waals surface area contributed by atoms with Crippen molar-refractivity contribution in [3.8, 4) is 17.3 Å². The average Bonchev–Trinajstić information content (AvgIpc) is 3.34. The second kappa shape index (κ2) is 8.28. The van der Waals surface area contributed by atoms with Crippen LogP contribution in [-0.2, 0) is 10.0 Å². The van der Waals surface area contributed by atoms with E-state index in [1.54, 1.807) is 23.1 Å². The van der Waals surface area contributed by atoms with Gasteiger partial charge in [-0.25, -0.2) is 13.1 Å². The lowest BCUT2D eigenvalue weighted by Gasteiger charge is -2.34. The number of nitrogens with zero attached hydrogens (tertiary/aromatic N) is 6. The lowest BCUT2D eigenvalue weighted by atomic mass is 10.3. The molecule has 158 valence electrons. The molecule has 0 saturated carbocycles. The van der Waals surface area contributed by atoms with Crippen molar-refractivity contribution in [3.63, 3.8) is 0 Å². The van der Waals surface area contributed by atoms with E-state index < -0.39 is 10.0 Å². The number of ether oxygens (including phenoxy) is 2. The van der Waals surface area contributed by atoms with Crippen molar-refractivity contribution in [2.45, 2.75) is 4.90 Å². The number of methoxy groups -OCH3 is 2. The van der Waals surface area contributed by atoms with Crippen LogP contribution in [0.2, 0.25) is 0 Å². The van der Waals surface area contributed by atoms with Crippen LogP contribution in [0.4, 0.5) is 5.82 Å². The van der Waals surface area contributed by atoms with Crippen LogP contribution in [0.3, 0.4) is 0 Å². The van der Waals surface area contributed by atoms with Crippen LogP contribution in [0.1, 0.15) is 0 Å². The molecule has 30 heavy (non-hydrogen) atoms. The molecule has 0 bridgehead atoms. The third-order valence-electron chi connectivity index (χ3n) is 4.93. The second-order valence-electron chi connectivity index (χ2n) is 6.61. The largest absolute Gasteiger partial charge is 0.493 e. The molecule has 0 atom stereocenters. The van der Waals surface area contributed by atoms with Crippen molar-refractivity contribution in [3.05, 3.63) is 48.8 Å². The Morgan fingerprint density at radius 1 is 0.900 bits per heavy atom. The number of piperazine rings is 1. The third kappa shape index (κ3) is 3.81. The number of anilines is 1. The highest BCUT2D eigenvalue weighted by Gasteiger charge is 2.29. The fourth-order valence-corrected chi connectivity index (χ4v) is 4.74. The molecule has 0 spiro atoms. The van der Waals surface area contributed by atoms with Crippen LogP contribution < -0.4 is 14.4 Å². The molecular formula is C19H22N6O4S. The van der Waals surface area contributed by atoms with Gasteiger partial charge < -0.3 is 14.4 Å². The summed E-state index contributed by atoms with van der Waals surface area (Å²) in [7, 11) is -0.651. The number of benzene rings is 1. The standard InChI is InChI=1S/C19H22N6O4S/c1-28-16-5-4-15(14-17(16)29-2)30(26,27)24-12-10-23(11-13-24)18-6-7-19(22-21-18)25-9-3-8-20-25/h3-9,14H,10-13H2,1-2H3.